The molecule has 0 spiro atoms. The topological polar surface area (TPSA) is 297 Å². The van der Waals surface area contributed by atoms with Crippen molar-refractivity contribution in [2.45, 2.75) is 84.4 Å². The maximum Gasteiger partial charge on any atom is 0.573 e. The normalized spacial score (nSPS) is 19.1. The van der Waals surface area contributed by atoms with Crippen LogP contribution in [0.3, 0.4) is 0 Å². The molecule has 32 heteroatoms. The Morgan fingerprint density at radius 3 is 1.66 bits per heavy atom. The molecule has 2 aromatic heterocycles. The summed E-state index contributed by atoms with van der Waals surface area (Å²) in [5, 5.41) is 14.5. The van der Waals surface area contributed by atoms with Crippen molar-refractivity contribution in [1.82, 2.24) is 39.0 Å². The van der Waals surface area contributed by atoms with E-state index in [4.69, 9.17) is 14.2 Å². The van der Waals surface area contributed by atoms with E-state index in [1.54, 1.807) is 38.4 Å². The average molecular weight is 1360 g/mol. The molecule has 4 aromatic carbocycles. The van der Waals surface area contributed by atoms with Crippen LogP contribution in [0.2, 0.25) is 0 Å². The second-order valence-corrected chi connectivity index (χ2v) is 27.7. The number of alkyl halides is 3. The highest BCUT2D eigenvalue weighted by atomic mass is 32.2. The number of piperazine rings is 2. The minimum absolute atomic E-state index is 0.0255. The van der Waals surface area contributed by atoms with Gasteiger partial charge in [-0.1, -0.05) is 36.4 Å². The summed E-state index contributed by atoms with van der Waals surface area (Å²) in [6, 6.07) is 22.6. The summed E-state index contributed by atoms with van der Waals surface area (Å²) in [6.07, 6.45) is -6.64. The molecule has 0 radical (unpaired) electrons. The molecule has 25 nitrogen and oxygen atoms in total. The maximum atomic E-state index is 15.3. The smallest absolute Gasteiger partial charge is 0.480 e. The Hall–Kier alpha value is -9.11. The molecule has 94 heavy (non-hydrogen) atoms. The third-order valence-electron chi connectivity index (χ3n) is 15.7. The molecule has 10 rings (SSSR count). The highest BCUT2D eigenvalue weighted by Gasteiger charge is 2.50. The van der Waals surface area contributed by atoms with Gasteiger partial charge in [-0.15, -0.1) is 24.9 Å². The number of ether oxygens (including phenoxy) is 4. The van der Waals surface area contributed by atoms with E-state index in [2.05, 4.69) is 25.3 Å². The average Bonchev–Trinajstić information content (AvgIpc) is 1.37. The molecular weight excluding hydrogens is 1300 g/mol. The van der Waals surface area contributed by atoms with Crippen LogP contribution in [0.4, 0.5) is 38.8 Å². The fraction of sp³-hybridized carbons (Fsp3) is 0.355. The molecule has 498 valence electrons. The molecule has 4 amide bonds. The van der Waals surface area contributed by atoms with Gasteiger partial charge in [0.15, 0.2) is 0 Å². The minimum Gasteiger partial charge on any atom is -0.480 e. The Bertz CT molecular complexity index is 3930. The molecule has 6 heterocycles. The van der Waals surface area contributed by atoms with Crippen molar-refractivity contribution in [3.63, 3.8) is 0 Å². The highest BCUT2D eigenvalue weighted by molar-refractivity contribution is 8.01. The number of hydrogen-bond donors (Lipinski definition) is 3. The predicted octanol–water partition coefficient (Wildman–Crippen LogP) is 5.91. The molecule has 0 saturated carbocycles. The van der Waals surface area contributed by atoms with E-state index in [1.165, 1.54) is 58.3 Å². The van der Waals surface area contributed by atoms with E-state index in [9.17, 15) is 50.3 Å². The number of aromatic nitrogens is 2. The molecule has 4 aliphatic heterocycles. The number of benzene rings is 4. The van der Waals surface area contributed by atoms with E-state index in [1.807, 2.05) is 34.1 Å². The first-order valence-corrected chi connectivity index (χ1v) is 33.4. The number of rotatable bonds is 20. The summed E-state index contributed by atoms with van der Waals surface area (Å²) >= 11 is 0.984. The van der Waals surface area contributed by atoms with Gasteiger partial charge in [0.2, 0.25) is 15.9 Å². The minimum atomic E-state index is -5.33. The second-order valence-electron chi connectivity index (χ2n) is 22.9. The standard InChI is InChI=1S/C62H64F4N10O15S3/c1-61(2)39-92-55(70-61)56(78)76(94(86,87)48-23-19-45(20-24-48)91-62(64,65)66)51(36-41-11-17-44(18-12-41)90-60(83)74-33-29-72(30-34-74)53-8-4-6-26-68-53)58(81)88-46-37-50(75(38-46)93(84,85)47-21-13-42(63)14-22-47)54(77)69-49(57(79)80)35-40-9-15-43(16-10-40)89-59(82)73-31-27-71(28-32-73)52-7-3-5-25-67-52/h3-26,46,49-51,55,70H,27-39H2,1-2H3,(H,69,77)(H,79,80)/t46?,49-,50-,51-,55-/m0/s1. The number of nitrogens with one attached hydrogen (secondary N) is 2. The summed E-state index contributed by atoms with van der Waals surface area (Å²) in [5.41, 5.74) is -0.329. The number of sulfonamides is 2. The quantitative estimate of drug-likeness (QED) is 0.0591. The van der Waals surface area contributed by atoms with E-state index in [0.717, 1.165) is 59.8 Å². The largest absolute Gasteiger partial charge is 0.573 e. The lowest BCUT2D eigenvalue weighted by Gasteiger charge is -2.34. The van der Waals surface area contributed by atoms with Gasteiger partial charge in [0.05, 0.1) is 16.3 Å². The zero-order chi connectivity index (χ0) is 67.1. The van der Waals surface area contributed by atoms with Gasteiger partial charge in [-0.3, -0.25) is 14.9 Å². The number of pyridine rings is 2. The predicted molar refractivity (Wildman–Crippen MR) is 331 cm³/mol. The monoisotopic (exact) mass is 1360 g/mol. The lowest BCUT2D eigenvalue weighted by Crippen LogP contribution is -2.56. The van der Waals surface area contributed by atoms with Gasteiger partial charge in [0.25, 0.3) is 15.9 Å². The van der Waals surface area contributed by atoms with Gasteiger partial charge in [0.1, 0.15) is 64.3 Å². The summed E-state index contributed by atoms with van der Waals surface area (Å²) < 4.78 is 136. The first-order valence-electron chi connectivity index (χ1n) is 29.5. The summed E-state index contributed by atoms with van der Waals surface area (Å²) in [4.78, 5) is 98.8. The van der Waals surface area contributed by atoms with Crippen LogP contribution >= 0.6 is 11.8 Å². The summed E-state index contributed by atoms with van der Waals surface area (Å²) in [6.45, 7) is 5.78. The van der Waals surface area contributed by atoms with Crippen LogP contribution in [0.5, 0.6) is 17.2 Å². The number of anilines is 2. The molecule has 3 N–H and O–H groups in total. The lowest BCUT2D eigenvalue weighted by molar-refractivity contribution is -0.274. The van der Waals surface area contributed by atoms with Crippen molar-refractivity contribution in [2.24, 2.45) is 0 Å². The molecule has 6 aromatic rings. The molecule has 1 unspecified atom stereocenters. The van der Waals surface area contributed by atoms with Crippen LogP contribution in [0.25, 0.3) is 0 Å². The number of carbonyl (C=O) groups is 6. The zero-order valence-corrected chi connectivity index (χ0v) is 52.9. The lowest BCUT2D eigenvalue weighted by atomic mass is 10.0. The Morgan fingerprint density at radius 1 is 0.691 bits per heavy atom. The van der Waals surface area contributed by atoms with Crippen molar-refractivity contribution in [3.8, 4) is 17.2 Å². The Morgan fingerprint density at radius 2 is 1.19 bits per heavy atom. The van der Waals surface area contributed by atoms with Gasteiger partial charge in [-0.05, 0) is 122 Å². The van der Waals surface area contributed by atoms with Gasteiger partial charge in [-0.25, -0.2) is 54.7 Å². The molecular formula is C62H64F4N10O15S3. The fourth-order valence-electron chi connectivity index (χ4n) is 10.9. The first kappa shape index (κ1) is 67.8. The van der Waals surface area contributed by atoms with Gasteiger partial charge < -0.3 is 49.0 Å². The van der Waals surface area contributed by atoms with Gasteiger partial charge in [0, 0.05) is 95.3 Å². The van der Waals surface area contributed by atoms with Crippen LogP contribution in [0, 0.1) is 5.82 Å². The van der Waals surface area contributed by atoms with Crippen LogP contribution < -0.4 is 34.6 Å². The van der Waals surface area contributed by atoms with Crippen molar-refractivity contribution in [3.05, 3.63) is 163 Å². The highest BCUT2D eigenvalue weighted by Crippen LogP contribution is 2.35. The van der Waals surface area contributed by atoms with Crippen molar-refractivity contribution in [1.29, 1.82) is 0 Å². The molecule has 4 saturated heterocycles. The van der Waals surface area contributed by atoms with Crippen molar-refractivity contribution < 1.29 is 87.2 Å². The third kappa shape index (κ3) is 16.6. The van der Waals surface area contributed by atoms with Crippen molar-refractivity contribution >= 4 is 79.4 Å². The molecule has 5 atom stereocenters. The van der Waals surface area contributed by atoms with Crippen LogP contribution in [0.15, 0.2) is 156 Å². The number of carbonyl (C=O) groups excluding carboxylic acids is 5. The van der Waals surface area contributed by atoms with E-state index in [-0.39, 0.29) is 40.2 Å². The van der Waals surface area contributed by atoms with E-state index >= 15 is 18.0 Å². The number of carboxylic acids is 1. The Labute approximate surface area is 542 Å². The number of carboxylic acid groups (broad SMARTS) is 1. The number of halogens is 4. The molecule has 0 bridgehead atoms. The number of aliphatic carboxylic acids is 1. The van der Waals surface area contributed by atoms with E-state index < -0.39 is 145 Å². The summed E-state index contributed by atoms with van der Waals surface area (Å²) in [5.74, 6) is -5.21. The zero-order valence-electron chi connectivity index (χ0n) is 50.4. The molecule has 4 aliphatic rings. The number of nitrogens with zero attached hydrogens (tertiary/aromatic N) is 8. The van der Waals surface area contributed by atoms with Crippen molar-refractivity contribution in [2.75, 3.05) is 74.5 Å². The first-order chi connectivity index (χ1) is 44.7. The molecule has 0 aliphatic carbocycles. The fourth-order valence-corrected chi connectivity index (χ4v) is 15.5. The number of hydrogen-bond acceptors (Lipinski definition) is 20. The van der Waals surface area contributed by atoms with Gasteiger partial charge >= 0.3 is 30.5 Å². The van der Waals surface area contributed by atoms with Gasteiger partial charge in [-0.2, -0.15) is 4.31 Å². The van der Waals surface area contributed by atoms with Crippen LogP contribution in [-0.4, -0.2) is 192 Å². The number of amides is 4. The SMILES string of the molecule is CC1(C)CS[C@@H](C(=O)N([C@@H](Cc2ccc(OC(=O)N3CCN(c4ccccn4)CC3)cc2)C(=O)OC2C[C@@H](C(=O)N[C@@H](Cc3ccc(OC(=O)N4CCN(c5ccccn5)CC4)cc3)C(=O)O)N(S(=O)(=O)c3ccc(F)cc3)C2)S(=O)(=O)c2ccc(OC(F)(F)F)cc2)N1. The molecule has 4 fully saturated rings. The maximum absolute atomic E-state index is 15.3. The Kier molecular flexibility index (Phi) is 20.6. The second kappa shape index (κ2) is 28.6. The van der Waals surface area contributed by atoms with Crippen LogP contribution in [-0.2, 0) is 56.8 Å². The third-order valence-corrected chi connectivity index (χ3v) is 21.0. The Balaban J connectivity index is 0.902. The van der Waals surface area contributed by atoms with Crippen LogP contribution in [0.1, 0.15) is 31.4 Å². The van der Waals surface area contributed by atoms with E-state index in [0.29, 0.717) is 61.3 Å². The number of thioether (sulfide) groups is 1. The summed E-state index contributed by atoms with van der Waals surface area (Å²) in [7, 11) is -10.2. The number of esters is 1.